The number of rotatable bonds is 8. The van der Waals surface area contributed by atoms with Crippen molar-refractivity contribution in [3.63, 3.8) is 0 Å². The predicted octanol–water partition coefficient (Wildman–Crippen LogP) is 3.19. The molecule has 3 aromatic rings. The number of nitrogens with one attached hydrogen (secondary N) is 1. The topological polar surface area (TPSA) is 73.2 Å². The van der Waals surface area contributed by atoms with E-state index < -0.39 is 0 Å². The number of carbonyl (C=O) groups is 2. The van der Waals surface area contributed by atoms with Crippen molar-refractivity contribution in [2.45, 2.75) is 19.4 Å². The minimum atomic E-state index is -0.272. The average molecular weight is 369 g/mol. The van der Waals surface area contributed by atoms with Gasteiger partial charge >= 0.3 is 5.97 Å². The van der Waals surface area contributed by atoms with Gasteiger partial charge in [0.2, 0.25) is 0 Å². The zero-order chi connectivity index (χ0) is 18.2. The van der Waals surface area contributed by atoms with E-state index in [0.717, 1.165) is 11.3 Å². The SMILES string of the molecule is O=C(CCCNC(=O)c1cccs1)OCc1ccc(-n2cccn2)cc1. The number of ether oxygens (including phenoxy) is 1. The van der Waals surface area contributed by atoms with Crippen LogP contribution in [0.5, 0.6) is 0 Å². The molecule has 0 saturated heterocycles. The molecular weight excluding hydrogens is 350 g/mol. The van der Waals surface area contributed by atoms with E-state index in [1.807, 2.05) is 48.0 Å². The van der Waals surface area contributed by atoms with Crippen LogP contribution in [0.2, 0.25) is 0 Å². The Labute approximate surface area is 155 Å². The number of aromatic nitrogens is 2. The van der Waals surface area contributed by atoms with E-state index >= 15 is 0 Å². The summed E-state index contributed by atoms with van der Waals surface area (Å²) in [6.07, 6.45) is 4.41. The van der Waals surface area contributed by atoms with E-state index in [0.29, 0.717) is 17.8 Å². The predicted molar refractivity (Wildman–Crippen MR) is 99.2 cm³/mol. The molecule has 0 aliphatic carbocycles. The van der Waals surface area contributed by atoms with Crippen LogP contribution in [0.25, 0.3) is 5.69 Å². The molecule has 0 atom stereocenters. The lowest BCUT2D eigenvalue weighted by Crippen LogP contribution is -2.24. The maximum atomic E-state index is 11.8. The summed E-state index contributed by atoms with van der Waals surface area (Å²) in [6, 6.07) is 13.1. The molecule has 1 amide bonds. The molecule has 0 bridgehead atoms. The summed E-state index contributed by atoms with van der Waals surface area (Å²) in [7, 11) is 0. The molecule has 1 aromatic carbocycles. The van der Waals surface area contributed by atoms with Gasteiger partial charge in [0.15, 0.2) is 0 Å². The summed E-state index contributed by atoms with van der Waals surface area (Å²) in [6.45, 7) is 0.685. The van der Waals surface area contributed by atoms with Gasteiger partial charge in [0.1, 0.15) is 6.61 Å². The normalized spacial score (nSPS) is 10.5. The second-order valence-electron chi connectivity index (χ2n) is 5.61. The number of benzene rings is 1. The van der Waals surface area contributed by atoms with Gasteiger partial charge in [-0.15, -0.1) is 11.3 Å². The van der Waals surface area contributed by atoms with Gasteiger partial charge in [0.25, 0.3) is 5.91 Å². The Morgan fingerprint density at radius 3 is 2.69 bits per heavy atom. The summed E-state index contributed by atoms with van der Waals surface area (Å²) in [5, 5.41) is 8.81. The summed E-state index contributed by atoms with van der Waals surface area (Å²) in [5.74, 6) is -0.378. The molecule has 3 rings (SSSR count). The highest BCUT2D eigenvalue weighted by molar-refractivity contribution is 7.12. The van der Waals surface area contributed by atoms with Gasteiger partial charge in [-0.2, -0.15) is 5.10 Å². The van der Waals surface area contributed by atoms with Crippen LogP contribution in [0.3, 0.4) is 0 Å². The van der Waals surface area contributed by atoms with Gasteiger partial charge in [0.05, 0.1) is 10.6 Å². The van der Waals surface area contributed by atoms with E-state index in [1.165, 1.54) is 11.3 Å². The second kappa shape index (κ2) is 8.96. The fourth-order valence-electron chi connectivity index (χ4n) is 2.33. The Balaban J connectivity index is 1.34. The van der Waals surface area contributed by atoms with Crippen LogP contribution in [0.15, 0.2) is 60.2 Å². The van der Waals surface area contributed by atoms with E-state index in [4.69, 9.17) is 4.74 Å². The highest BCUT2D eigenvalue weighted by Gasteiger charge is 2.07. The molecule has 0 aliphatic rings. The third-order valence-electron chi connectivity index (χ3n) is 3.69. The molecule has 26 heavy (non-hydrogen) atoms. The summed E-state index contributed by atoms with van der Waals surface area (Å²) in [5.41, 5.74) is 1.87. The molecule has 2 aromatic heterocycles. The number of esters is 1. The Morgan fingerprint density at radius 1 is 1.15 bits per heavy atom. The van der Waals surface area contributed by atoms with Gasteiger partial charge in [-0.3, -0.25) is 9.59 Å². The smallest absolute Gasteiger partial charge is 0.306 e. The van der Waals surface area contributed by atoms with Gasteiger partial charge in [-0.05, 0) is 41.6 Å². The molecule has 0 aliphatic heterocycles. The highest BCUT2D eigenvalue weighted by atomic mass is 32.1. The molecule has 6 nitrogen and oxygen atoms in total. The van der Waals surface area contributed by atoms with Crippen LogP contribution in [0.4, 0.5) is 0 Å². The van der Waals surface area contributed by atoms with E-state index in [9.17, 15) is 9.59 Å². The Hall–Kier alpha value is -2.93. The lowest BCUT2D eigenvalue weighted by molar-refractivity contribution is -0.145. The Kier molecular flexibility index (Phi) is 6.16. The quantitative estimate of drug-likeness (QED) is 0.489. The molecule has 2 heterocycles. The number of nitrogens with zero attached hydrogens (tertiary/aromatic N) is 2. The van der Waals surface area contributed by atoms with Crippen LogP contribution >= 0.6 is 11.3 Å². The van der Waals surface area contributed by atoms with Gasteiger partial charge in [-0.25, -0.2) is 4.68 Å². The largest absolute Gasteiger partial charge is 0.461 e. The molecule has 0 saturated carbocycles. The van der Waals surface area contributed by atoms with Crippen LogP contribution in [-0.2, 0) is 16.1 Å². The summed E-state index contributed by atoms with van der Waals surface area (Å²) in [4.78, 5) is 24.2. The molecule has 0 fully saturated rings. The van der Waals surface area contributed by atoms with Crippen molar-refractivity contribution in [3.05, 3.63) is 70.7 Å². The van der Waals surface area contributed by atoms with Crippen molar-refractivity contribution in [2.24, 2.45) is 0 Å². The van der Waals surface area contributed by atoms with Gasteiger partial charge < -0.3 is 10.1 Å². The zero-order valence-corrected chi connectivity index (χ0v) is 14.9. The monoisotopic (exact) mass is 369 g/mol. The minimum Gasteiger partial charge on any atom is -0.461 e. The van der Waals surface area contributed by atoms with Crippen LogP contribution < -0.4 is 5.32 Å². The first kappa shape index (κ1) is 17.9. The molecule has 134 valence electrons. The summed E-state index contributed by atoms with van der Waals surface area (Å²) < 4.78 is 7.03. The number of hydrogen-bond donors (Lipinski definition) is 1. The molecule has 0 unspecified atom stereocenters. The lowest BCUT2D eigenvalue weighted by atomic mass is 10.2. The second-order valence-corrected chi connectivity index (χ2v) is 6.56. The minimum absolute atomic E-state index is 0.106. The van der Waals surface area contributed by atoms with Crippen molar-refractivity contribution in [1.82, 2.24) is 15.1 Å². The highest BCUT2D eigenvalue weighted by Crippen LogP contribution is 2.10. The van der Waals surface area contributed by atoms with Crippen LogP contribution in [0.1, 0.15) is 28.1 Å². The fraction of sp³-hybridized carbons (Fsp3) is 0.211. The standard InChI is InChI=1S/C19H19N3O3S/c23-18(5-1-10-20-19(24)17-4-2-13-26-17)25-14-15-6-8-16(9-7-15)22-12-3-11-21-22/h2-4,6-9,11-13H,1,5,10,14H2,(H,20,24). The number of carbonyl (C=O) groups excluding carboxylic acids is 2. The maximum Gasteiger partial charge on any atom is 0.306 e. The average Bonchev–Trinajstić information content (AvgIpc) is 3.37. The molecule has 0 radical (unpaired) electrons. The van der Waals surface area contributed by atoms with E-state index in [1.54, 1.807) is 16.9 Å². The maximum absolute atomic E-state index is 11.8. The first-order chi connectivity index (χ1) is 12.7. The molecule has 7 heteroatoms. The van der Waals surface area contributed by atoms with Gasteiger partial charge in [-0.1, -0.05) is 18.2 Å². The Bertz CT molecular complexity index is 828. The first-order valence-electron chi connectivity index (χ1n) is 8.28. The number of thiophene rings is 1. The van der Waals surface area contributed by atoms with Crippen molar-refractivity contribution < 1.29 is 14.3 Å². The fourth-order valence-corrected chi connectivity index (χ4v) is 2.97. The van der Waals surface area contributed by atoms with E-state index in [2.05, 4.69) is 10.4 Å². The third kappa shape index (κ3) is 5.03. The van der Waals surface area contributed by atoms with Crippen LogP contribution in [0, 0.1) is 0 Å². The lowest BCUT2D eigenvalue weighted by Gasteiger charge is -2.07. The van der Waals surface area contributed by atoms with Crippen molar-refractivity contribution >= 4 is 23.2 Å². The Morgan fingerprint density at radius 2 is 2.00 bits per heavy atom. The van der Waals surface area contributed by atoms with Crippen molar-refractivity contribution in [1.29, 1.82) is 0 Å². The summed E-state index contributed by atoms with van der Waals surface area (Å²) >= 11 is 1.39. The van der Waals surface area contributed by atoms with Gasteiger partial charge in [0, 0.05) is 25.4 Å². The molecule has 0 spiro atoms. The van der Waals surface area contributed by atoms with Crippen molar-refractivity contribution in [2.75, 3.05) is 6.54 Å². The third-order valence-corrected chi connectivity index (χ3v) is 4.56. The van der Waals surface area contributed by atoms with Crippen LogP contribution in [-0.4, -0.2) is 28.2 Å². The van der Waals surface area contributed by atoms with Crippen molar-refractivity contribution in [3.8, 4) is 5.69 Å². The number of amides is 1. The molecule has 1 N–H and O–H groups in total. The first-order valence-corrected chi connectivity index (χ1v) is 9.16. The van der Waals surface area contributed by atoms with E-state index in [-0.39, 0.29) is 24.9 Å². The molecular formula is C19H19N3O3S. The zero-order valence-electron chi connectivity index (χ0n) is 14.1. The number of hydrogen-bond acceptors (Lipinski definition) is 5.